The van der Waals surface area contributed by atoms with E-state index in [0.29, 0.717) is 103 Å². The van der Waals surface area contributed by atoms with Crippen molar-refractivity contribution in [2.45, 2.75) is 57.5 Å². The highest BCUT2D eigenvalue weighted by Crippen LogP contribution is 2.59. The number of carbonyl (C=O) groups is 3. The fourth-order valence-electron chi connectivity index (χ4n) is 11.4. The Morgan fingerprint density at radius 1 is 0.691 bits per heavy atom. The predicted molar refractivity (Wildman–Crippen MR) is 311 cm³/mol. The molecule has 9 rings (SSSR count). The zero-order valence-electron chi connectivity index (χ0n) is 47.2. The molecule has 81 heavy (non-hydrogen) atoms. The number of fused-ring (bicyclic) bond motifs is 8. The first-order valence-electron chi connectivity index (χ1n) is 28.2. The van der Waals surface area contributed by atoms with E-state index in [1.807, 2.05) is 6.07 Å². The molecule has 0 aromatic heterocycles. The molecule has 16 heteroatoms. The van der Waals surface area contributed by atoms with Crippen molar-refractivity contribution in [3.63, 3.8) is 0 Å². The van der Waals surface area contributed by atoms with Gasteiger partial charge in [0.25, 0.3) is 0 Å². The molecule has 5 aromatic carbocycles. The molecule has 1 N–H and O–H groups in total. The lowest BCUT2D eigenvalue weighted by atomic mass is 9.76. The number of ether oxygens (including phenoxy) is 10. The molecular weight excluding hydrogens is 1030 g/mol. The number of aliphatic carboxylic acids is 1. The van der Waals surface area contributed by atoms with Crippen molar-refractivity contribution in [1.82, 2.24) is 0 Å². The van der Waals surface area contributed by atoms with Crippen LogP contribution in [0.3, 0.4) is 0 Å². The number of nitrogens with zero attached hydrogens (tertiary/aromatic N) is 2. The fraction of sp³-hybridized carbons (Fsp3) is 0.431. The van der Waals surface area contributed by atoms with Crippen LogP contribution in [-0.4, -0.2) is 149 Å². The van der Waals surface area contributed by atoms with Crippen LogP contribution in [0.5, 0.6) is 11.5 Å². The van der Waals surface area contributed by atoms with Gasteiger partial charge in [-0.05, 0) is 89.7 Å². The average molecular weight is 1110 g/mol. The number of methoxy groups -OCH3 is 1. The molecule has 3 aliphatic heterocycles. The van der Waals surface area contributed by atoms with Gasteiger partial charge < -0.3 is 62.3 Å². The molecular formula is C65H76N2O14. The van der Waals surface area contributed by atoms with Gasteiger partial charge in [0.05, 0.1) is 92.1 Å². The number of anilines is 2. The summed E-state index contributed by atoms with van der Waals surface area (Å²) in [6, 6.07) is 32.1. The van der Waals surface area contributed by atoms with E-state index < -0.39 is 23.5 Å². The highest BCUT2D eigenvalue weighted by atomic mass is 16.6. The predicted octanol–water partition coefficient (Wildman–Crippen LogP) is 9.85. The molecule has 5 aromatic rings. The zero-order valence-corrected chi connectivity index (χ0v) is 47.2. The van der Waals surface area contributed by atoms with Gasteiger partial charge in [0.15, 0.2) is 5.60 Å². The normalized spacial score (nSPS) is 17.7. The lowest BCUT2D eigenvalue weighted by Gasteiger charge is -2.39. The van der Waals surface area contributed by atoms with Gasteiger partial charge in [-0.15, -0.1) is 0 Å². The van der Waals surface area contributed by atoms with Gasteiger partial charge in [-0.1, -0.05) is 93.2 Å². The summed E-state index contributed by atoms with van der Waals surface area (Å²) in [6.45, 7) is 17.5. The van der Waals surface area contributed by atoms with Gasteiger partial charge in [-0.3, -0.25) is 4.79 Å². The van der Waals surface area contributed by atoms with Crippen LogP contribution in [0.2, 0.25) is 0 Å². The minimum atomic E-state index is -1.04. The maximum Gasteiger partial charge on any atom is 0.333 e. The van der Waals surface area contributed by atoms with Crippen LogP contribution in [0, 0.1) is 0 Å². The Morgan fingerprint density at radius 2 is 1.30 bits per heavy atom. The van der Waals surface area contributed by atoms with E-state index in [1.54, 1.807) is 14.0 Å². The first-order chi connectivity index (χ1) is 39.4. The van der Waals surface area contributed by atoms with E-state index in [1.165, 1.54) is 16.7 Å². The van der Waals surface area contributed by atoms with Crippen LogP contribution in [-0.2, 0) is 63.3 Å². The van der Waals surface area contributed by atoms with E-state index >= 15 is 0 Å². The first kappa shape index (κ1) is 58.6. The Balaban J connectivity index is 0.835. The van der Waals surface area contributed by atoms with Crippen LogP contribution in [0.25, 0.3) is 28.0 Å². The molecule has 2 saturated heterocycles. The second-order valence-electron chi connectivity index (χ2n) is 21.0. The molecule has 0 spiro atoms. The number of morpholine rings is 1. The number of hydrogen-bond donors (Lipinski definition) is 1. The number of esters is 2. The zero-order chi connectivity index (χ0) is 56.8. The number of hydrogen-bond acceptors (Lipinski definition) is 15. The summed E-state index contributed by atoms with van der Waals surface area (Å²) < 4.78 is 57.5. The highest BCUT2D eigenvalue weighted by Gasteiger charge is 2.45. The summed E-state index contributed by atoms with van der Waals surface area (Å²) in [6.07, 6.45) is 5.76. The van der Waals surface area contributed by atoms with Crippen molar-refractivity contribution < 1.29 is 66.9 Å². The van der Waals surface area contributed by atoms with Crippen molar-refractivity contribution in [3.05, 3.63) is 148 Å². The van der Waals surface area contributed by atoms with Crippen molar-refractivity contribution in [3.8, 4) is 22.6 Å². The smallest absolute Gasteiger partial charge is 0.333 e. The lowest BCUT2D eigenvalue weighted by Crippen LogP contribution is -2.37. The third-order valence-corrected chi connectivity index (χ3v) is 15.4. The fourth-order valence-corrected chi connectivity index (χ4v) is 11.4. The van der Waals surface area contributed by atoms with Gasteiger partial charge >= 0.3 is 17.9 Å². The van der Waals surface area contributed by atoms with E-state index in [-0.39, 0.29) is 50.3 Å². The molecule has 1 atom stereocenters. The molecule has 0 radical (unpaired) electrons. The Labute approximate surface area is 475 Å². The minimum Gasteiger partial charge on any atom is -0.495 e. The molecule has 3 heterocycles. The standard InChI is InChI=1S/C65H76N2O14/c1-45(2)63(71)80-41-39-78-37-35-76-33-31-74-30-32-75-34-36-77-38-40-79-58(68)22-21-50(62(69)70)46-12-11-25-67(44-46)56-42-53-54(43-57(56)72-5)61-52(60-59(53)51-15-9-10-16-55(51)64(60,3)4)23-24-65(81-61,47-13-7-6-8-14-47)48-17-19-49(20-18-48)66-26-28-73-29-27-66/h6-10,13-20,23-24,42-43H,1,11-12,21-22,25-41,44H2,2-5H3,(H,69,70). The first-order valence-corrected chi connectivity index (χ1v) is 28.2. The topological polar surface area (TPSA) is 170 Å². The maximum absolute atomic E-state index is 13.0. The number of benzene rings is 5. The van der Waals surface area contributed by atoms with Crippen molar-refractivity contribution in [2.75, 3.05) is 136 Å². The van der Waals surface area contributed by atoms with Gasteiger partial charge in [0, 0.05) is 76.9 Å². The van der Waals surface area contributed by atoms with Gasteiger partial charge in [-0.25, -0.2) is 9.59 Å². The number of rotatable bonds is 28. The molecule has 430 valence electrons. The second-order valence-corrected chi connectivity index (χ2v) is 21.0. The minimum absolute atomic E-state index is 0.0371. The van der Waals surface area contributed by atoms with Crippen molar-refractivity contribution >= 4 is 46.1 Å². The molecule has 1 unspecified atom stereocenters. The molecule has 0 amide bonds. The summed E-state index contributed by atoms with van der Waals surface area (Å²) in [7, 11) is 1.68. The van der Waals surface area contributed by atoms with E-state index in [2.05, 4.69) is 127 Å². The van der Waals surface area contributed by atoms with Crippen LogP contribution in [0.4, 0.5) is 11.4 Å². The van der Waals surface area contributed by atoms with Crippen molar-refractivity contribution in [2.24, 2.45) is 0 Å². The molecule has 4 aliphatic rings. The molecule has 2 fully saturated rings. The summed E-state index contributed by atoms with van der Waals surface area (Å²) in [4.78, 5) is 41.8. The van der Waals surface area contributed by atoms with E-state index in [0.717, 1.165) is 68.8 Å². The van der Waals surface area contributed by atoms with Crippen LogP contribution in [0.1, 0.15) is 74.3 Å². The summed E-state index contributed by atoms with van der Waals surface area (Å²) in [5.74, 6) is -0.555. The largest absolute Gasteiger partial charge is 0.495 e. The Kier molecular flexibility index (Phi) is 20.0. The van der Waals surface area contributed by atoms with E-state index in [9.17, 15) is 19.5 Å². The average Bonchev–Trinajstić information content (AvgIpc) is 2.29. The molecule has 0 saturated carbocycles. The third-order valence-electron chi connectivity index (χ3n) is 15.4. The van der Waals surface area contributed by atoms with Crippen molar-refractivity contribution in [1.29, 1.82) is 0 Å². The number of carbonyl (C=O) groups excluding carboxylic acids is 2. The summed E-state index contributed by atoms with van der Waals surface area (Å²) in [5.41, 5.74) is 9.82. The van der Waals surface area contributed by atoms with E-state index in [4.69, 9.17) is 47.4 Å². The summed E-state index contributed by atoms with van der Waals surface area (Å²) in [5, 5.41) is 12.5. The van der Waals surface area contributed by atoms with Crippen LogP contribution in [0.15, 0.2) is 120 Å². The molecule has 0 bridgehead atoms. The highest BCUT2D eigenvalue weighted by molar-refractivity contribution is 6.10. The Hall–Kier alpha value is -7.05. The lowest BCUT2D eigenvalue weighted by molar-refractivity contribution is -0.145. The number of carboxylic acids is 1. The molecule has 16 nitrogen and oxygen atoms in total. The second kappa shape index (κ2) is 27.6. The van der Waals surface area contributed by atoms with Gasteiger partial charge in [0.1, 0.15) is 24.7 Å². The monoisotopic (exact) mass is 1110 g/mol. The summed E-state index contributed by atoms with van der Waals surface area (Å²) >= 11 is 0. The van der Waals surface area contributed by atoms with Gasteiger partial charge in [-0.2, -0.15) is 0 Å². The Bertz CT molecular complexity index is 3070. The van der Waals surface area contributed by atoms with Gasteiger partial charge in [0.2, 0.25) is 0 Å². The Morgan fingerprint density at radius 3 is 1.93 bits per heavy atom. The SMILES string of the molecule is C=C(C)C(=O)OCCOCCOCCOCCOCCOCCOC(=O)CCC(C(=O)O)=C1CCCN(c2cc3c4c(c5c(c3cc2OC)OC(c2ccccc2)(c2ccc(N3CCOCC3)cc2)C=C5)C(C)(C)c2ccccc2-4)C1. The quantitative estimate of drug-likeness (QED) is 0.0285. The van der Waals surface area contributed by atoms with Crippen LogP contribution >= 0.6 is 0 Å². The number of carboxylic acid groups (broad SMARTS) is 1. The van der Waals surface area contributed by atoms with Crippen LogP contribution < -0.4 is 19.3 Å². The number of piperidine rings is 1. The maximum atomic E-state index is 13.0. The third kappa shape index (κ3) is 13.7. The molecule has 1 aliphatic carbocycles.